The molecule has 16 heavy (non-hydrogen) atoms. The van der Waals surface area contributed by atoms with Crippen molar-refractivity contribution in [3.63, 3.8) is 0 Å². The van der Waals surface area contributed by atoms with E-state index in [-0.39, 0.29) is 0 Å². The lowest BCUT2D eigenvalue weighted by Gasteiger charge is -2.52. The van der Waals surface area contributed by atoms with Gasteiger partial charge in [-0.25, -0.2) is 0 Å². The summed E-state index contributed by atoms with van der Waals surface area (Å²) in [5, 5.41) is 0. The van der Waals surface area contributed by atoms with Gasteiger partial charge in [0.05, 0.1) is 0 Å². The molecule has 0 amide bonds. The predicted molar refractivity (Wildman–Crippen MR) is 67.3 cm³/mol. The lowest BCUT2D eigenvalue weighted by Crippen LogP contribution is -2.63. The Labute approximate surface area is 99.6 Å². The van der Waals surface area contributed by atoms with Crippen LogP contribution in [0, 0.1) is 11.8 Å². The molecule has 0 aromatic rings. The highest BCUT2D eigenvalue weighted by Crippen LogP contribution is 2.38. The van der Waals surface area contributed by atoms with Gasteiger partial charge in [-0.2, -0.15) is 0 Å². The van der Waals surface area contributed by atoms with Gasteiger partial charge in [-0.1, -0.05) is 25.7 Å². The van der Waals surface area contributed by atoms with Gasteiger partial charge in [0.15, 0.2) is 0 Å². The van der Waals surface area contributed by atoms with Crippen LogP contribution in [0.1, 0.15) is 51.4 Å². The molecule has 2 nitrogen and oxygen atoms in total. The maximum absolute atomic E-state index is 6.50. The lowest BCUT2D eigenvalue weighted by molar-refractivity contribution is -0.00581. The number of hydrogen-bond acceptors (Lipinski definition) is 2. The molecule has 2 bridgehead atoms. The quantitative estimate of drug-likeness (QED) is 0.690. The van der Waals surface area contributed by atoms with Crippen molar-refractivity contribution >= 4 is 0 Å². The van der Waals surface area contributed by atoms with Crippen LogP contribution in [0.25, 0.3) is 0 Å². The SMILES string of the molecule is NC1C2CCN(CC2)C1C1CCCCCC1. The van der Waals surface area contributed by atoms with Gasteiger partial charge < -0.3 is 5.73 Å². The Kier molecular flexibility index (Phi) is 3.21. The van der Waals surface area contributed by atoms with E-state index in [1.54, 1.807) is 0 Å². The standard InChI is InChI=1S/C14H26N2/c15-13-11-7-9-16(10-8-11)14(13)12-5-3-1-2-4-6-12/h11-14H,1-10,15H2. The van der Waals surface area contributed by atoms with Crippen LogP contribution in [0.3, 0.4) is 0 Å². The Morgan fingerprint density at radius 3 is 1.94 bits per heavy atom. The second-order valence-electron chi connectivity index (χ2n) is 6.19. The van der Waals surface area contributed by atoms with Crippen LogP contribution in [0.15, 0.2) is 0 Å². The van der Waals surface area contributed by atoms with Crippen molar-refractivity contribution in [2.24, 2.45) is 17.6 Å². The van der Waals surface area contributed by atoms with E-state index in [2.05, 4.69) is 4.90 Å². The monoisotopic (exact) mass is 222 g/mol. The summed E-state index contributed by atoms with van der Waals surface area (Å²) in [5.41, 5.74) is 6.50. The molecule has 1 saturated carbocycles. The van der Waals surface area contributed by atoms with E-state index < -0.39 is 0 Å². The Balaban J connectivity index is 1.72. The van der Waals surface area contributed by atoms with Gasteiger partial charge in [-0.3, -0.25) is 4.90 Å². The molecule has 4 aliphatic rings. The van der Waals surface area contributed by atoms with Crippen molar-refractivity contribution in [2.75, 3.05) is 13.1 Å². The van der Waals surface area contributed by atoms with Crippen LogP contribution in [-0.4, -0.2) is 30.1 Å². The molecule has 2 unspecified atom stereocenters. The van der Waals surface area contributed by atoms with Crippen LogP contribution >= 0.6 is 0 Å². The minimum atomic E-state index is 0.491. The van der Waals surface area contributed by atoms with Gasteiger partial charge in [-0.15, -0.1) is 0 Å². The molecule has 0 aromatic heterocycles. The van der Waals surface area contributed by atoms with Crippen LogP contribution in [0.4, 0.5) is 0 Å². The zero-order valence-electron chi connectivity index (χ0n) is 10.4. The summed E-state index contributed by atoms with van der Waals surface area (Å²) in [6.07, 6.45) is 11.4. The first-order chi connectivity index (χ1) is 7.86. The maximum atomic E-state index is 6.50. The molecule has 2 N–H and O–H groups in total. The van der Waals surface area contributed by atoms with Gasteiger partial charge >= 0.3 is 0 Å². The largest absolute Gasteiger partial charge is 0.326 e. The number of piperidine rings is 3. The second kappa shape index (κ2) is 4.66. The number of nitrogens with zero attached hydrogens (tertiary/aromatic N) is 1. The molecule has 4 fully saturated rings. The minimum Gasteiger partial charge on any atom is -0.326 e. The normalized spacial score (nSPS) is 45.6. The molecule has 1 aliphatic carbocycles. The topological polar surface area (TPSA) is 29.3 Å². The molecule has 2 heteroatoms. The van der Waals surface area contributed by atoms with Gasteiger partial charge in [0.25, 0.3) is 0 Å². The lowest BCUT2D eigenvalue weighted by atomic mass is 9.73. The summed E-state index contributed by atoms with van der Waals surface area (Å²) in [6, 6.07) is 1.23. The molecule has 4 rings (SSSR count). The highest BCUT2D eigenvalue weighted by Gasteiger charge is 2.43. The molecule has 92 valence electrons. The fourth-order valence-electron chi connectivity index (χ4n) is 4.39. The zero-order valence-corrected chi connectivity index (χ0v) is 10.4. The van der Waals surface area contributed by atoms with Crippen molar-refractivity contribution in [1.29, 1.82) is 0 Å². The maximum Gasteiger partial charge on any atom is 0.0278 e. The fourth-order valence-corrected chi connectivity index (χ4v) is 4.39. The van der Waals surface area contributed by atoms with E-state index >= 15 is 0 Å². The summed E-state index contributed by atoms with van der Waals surface area (Å²) in [7, 11) is 0. The van der Waals surface area contributed by atoms with E-state index in [0.717, 1.165) is 17.9 Å². The van der Waals surface area contributed by atoms with Gasteiger partial charge in [-0.05, 0) is 50.6 Å². The molecule has 0 aromatic carbocycles. The van der Waals surface area contributed by atoms with Crippen LogP contribution in [0.2, 0.25) is 0 Å². The van der Waals surface area contributed by atoms with Crippen molar-refractivity contribution in [3.05, 3.63) is 0 Å². The van der Waals surface area contributed by atoms with Crippen LogP contribution in [-0.2, 0) is 0 Å². The summed E-state index contributed by atoms with van der Waals surface area (Å²) < 4.78 is 0. The van der Waals surface area contributed by atoms with E-state index in [9.17, 15) is 0 Å². The van der Waals surface area contributed by atoms with Crippen LogP contribution < -0.4 is 5.73 Å². The number of fused-ring (bicyclic) bond motifs is 3. The van der Waals surface area contributed by atoms with Crippen LogP contribution in [0.5, 0.6) is 0 Å². The first kappa shape index (κ1) is 11.0. The molecule has 2 atom stereocenters. The molecule has 0 spiro atoms. The summed E-state index contributed by atoms with van der Waals surface area (Å²) in [5.74, 6) is 1.76. The van der Waals surface area contributed by atoms with E-state index in [1.807, 2.05) is 0 Å². The third-order valence-electron chi connectivity index (χ3n) is 5.32. The van der Waals surface area contributed by atoms with E-state index in [4.69, 9.17) is 5.73 Å². The Morgan fingerprint density at radius 1 is 0.750 bits per heavy atom. The minimum absolute atomic E-state index is 0.491. The molecule has 3 saturated heterocycles. The van der Waals surface area contributed by atoms with Gasteiger partial charge in [0.1, 0.15) is 0 Å². The fraction of sp³-hybridized carbons (Fsp3) is 1.00. The molecule has 3 aliphatic heterocycles. The molecule has 3 heterocycles. The van der Waals surface area contributed by atoms with Gasteiger partial charge in [0.2, 0.25) is 0 Å². The Bertz CT molecular complexity index is 223. The van der Waals surface area contributed by atoms with Gasteiger partial charge in [0, 0.05) is 12.1 Å². The Hall–Kier alpha value is -0.0800. The van der Waals surface area contributed by atoms with Crippen molar-refractivity contribution in [3.8, 4) is 0 Å². The summed E-state index contributed by atoms with van der Waals surface area (Å²) >= 11 is 0. The molecule has 0 radical (unpaired) electrons. The first-order valence-corrected chi connectivity index (χ1v) is 7.36. The number of hydrogen-bond donors (Lipinski definition) is 1. The first-order valence-electron chi connectivity index (χ1n) is 7.36. The van der Waals surface area contributed by atoms with E-state index in [0.29, 0.717) is 6.04 Å². The van der Waals surface area contributed by atoms with Crippen molar-refractivity contribution in [1.82, 2.24) is 4.90 Å². The number of rotatable bonds is 1. The summed E-state index contributed by atoms with van der Waals surface area (Å²) in [4.78, 5) is 2.72. The average molecular weight is 222 g/mol. The second-order valence-corrected chi connectivity index (χ2v) is 6.19. The third kappa shape index (κ3) is 1.91. The average Bonchev–Trinajstić information content (AvgIpc) is 2.59. The van der Waals surface area contributed by atoms with Crippen molar-refractivity contribution < 1.29 is 0 Å². The highest BCUT2D eigenvalue weighted by molar-refractivity contribution is 5.00. The van der Waals surface area contributed by atoms with E-state index in [1.165, 1.54) is 64.5 Å². The predicted octanol–water partition coefficient (Wildman–Crippen LogP) is 2.38. The smallest absolute Gasteiger partial charge is 0.0278 e. The highest BCUT2D eigenvalue weighted by atomic mass is 15.2. The molecular formula is C14H26N2. The number of nitrogens with two attached hydrogens (primary N) is 1. The zero-order chi connectivity index (χ0) is 11.0. The third-order valence-corrected chi connectivity index (χ3v) is 5.32. The molecular weight excluding hydrogens is 196 g/mol. The Morgan fingerprint density at radius 2 is 1.38 bits per heavy atom. The van der Waals surface area contributed by atoms with Crippen molar-refractivity contribution in [2.45, 2.75) is 63.5 Å². The summed E-state index contributed by atoms with van der Waals surface area (Å²) in [6.45, 7) is 2.67.